The van der Waals surface area contributed by atoms with Crippen molar-refractivity contribution in [2.24, 2.45) is 0 Å². The minimum atomic E-state index is -0.198. The third-order valence-corrected chi connectivity index (χ3v) is 7.20. The Hall–Kier alpha value is -2.77. The zero-order valence-corrected chi connectivity index (χ0v) is 18.1. The van der Waals surface area contributed by atoms with E-state index in [4.69, 9.17) is 0 Å². The van der Waals surface area contributed by atoms with Crippen LogP contribution in [0.5, 0.6) is 0 Å². The quantitative estimate of drug-likeness (QED) is 0.202. The monoisotopic (exact) mass is 408 g/mol. The van der Waals surface area contributed by atoms with E-state index in [0.717, 1.165) is 12.2 Å². The Morgan fingerprint density at radius 2 is 0.867 bits per heavy atom. The molecule has 0 amide bonds. The molecule has 0 radical (unpaired) electrons. The van der Waals surface area contributed by atoms with Gasteiger partial charge in [-0.05, 0) is 47.3 Å². The summed E-state index contributed by atoms with van der Waals surface area (Å²) >= 11 is 2.06. The molecule has 4 rings (SSSR count). The SMILES string of the molecule is c1ccc(CCCCSC(c2ccccc2)(c2ccccc2)c2ccccc2)cc1. The Balaban J connectivity index is 1.61. The predicted octanol–water partition coefficient (Wildman–Crippen LogP) is 7.73. The summed E-state index contributed by atoms with van der Waals surface area (Å²) < 4.78 is -0.198. The van der Waals surface area contributed by atoms with Crippen LogP contribution in [0, 0.1) is 0 Å². The number of hydrogen-bond acceptors (Lipinski definition) is 1. The van der Waals surface area contributed by atoms with Gasteiger partial charge >= 0.3 is 0 Å². The Bertz CT molecular complexity index is 899. The summed E-state index contributed by atoms with van der Waals surface area (Å²) in [5, 5.41) is 0. The van der Waals surface area contributed by atoms with Gasteiger partial charge in [0.15, 0.2) is 0 Å². The van der Waals surface area contributed by atoms with Gasteiger partial charge in [-0.1, -0.05) is 121 Å². The van der Waals surface area contributed by atoms with Crippen LogP contribution >= 0.6 is 11.8 Å². The minimum Gasteiger partial charge on any atom is -0.141 e. The smallest absolute Gasteiger partial charge is 0.0906 e. The van der Waals surface area contributed by atoms with Crippen LogP contribution < -0.4 is 0 Å². The molecule has 0 fully saturated rings. The maximum absolute atomic E-state index is 2.27. The summed E-state index contributed by atoms with van der Waals surface area (Å²) in [5.41, 5.74) is 5.46. The van der Waals surface area contributed by atoms with E-state index in [1.54, 1.807) is 0 Å². The molecule has 0 aliphatic carbocycles. The first kappa shape index (κ1) is 20.5. The van der Waals surface area contributed by atoms with Crippen LogP contribution in [0.3, 0.4) is 0 Å². The van der Waals surface area contributed by atoms with Gasteiger partial charge in [-0.15, -0.1) is 11.8 Å². The van der Waals surface area contributed by atoms with Crippen LogP contribution in [0.15, 0.2) is 121 Å². The third-order valence-electron chi connectivity index (χ3n) is 5.56. The zero-order chi connectivity index (χ0) is 20.5. The van der Waals surface area contributed by atoms with E-state index < -0.39 is 0 Å². The van der Waals surface area contributed by atoms with Crippen LogP contribution in [0.25, 0.3) is 0 Å². The van der Waals surface area contributed by atoms with E-state index >= 15 is 0 Å². The van der Waals surface area contributed by atoms with Gasteiger partial charge in [0.2, 0.25) is 0 Å². The minimum absolute atomic E-state index is 0.198. The lowest BCUT2D eigenvalue weighted by molar-refractivity contribution is 0.795. The van der Waals surface area contributed by atoms with Gasteiger partial charge < -0.3 is 0 Å². The summed E-state index contributed by atoms with van der Waals surface area (Å²) in [6.07, 6.45) is 3.57. The largest absolute Gasteiger partial charge is 0.141 e. The van der Waals surface area contributed by atoms with Crippen LogP contribution in [-0.2, 0) is 11.2 Å². The second-order valence-electron chi connectivity index (χ2n) is 7.57. The van der Waals surface area contributed by atoms with Gasteiger partial charge in [0.1, 0.15) is 0 Å². The van der Waals surface area contributed by atoms with Crippen molar-refractivity contribution in [3.05, 3.63) is 144 Å². The second kappa shape index (κ2) is 10.3. The average molecular weight is 409 g/mol. The molecule has 0 aromatic heterocycles. The number of unbranched alkanes of at least 4 members (excludes halogenated alkanes) is 1. The molecule has 0 unspecified atom stereocenters. The van der Waals surface area contributed by atoms with Crippen molar-refractivity contribution < 1.29 is 0 Å². The molecule has 30 heavy (non-hydrogen) atoms. The highest BCUT2D eigenvalue weighted by molar-refractivity contribution is 8.00. The van der Waals surface area contributed by atoms with Gasteiger partial charge in [-0.2, -0.15) is 0 Å². The molecule has 0 heterocycles. The topological polar surface area (TPSA) is 0 Å². The van der Waals surface area contributed by atoms with E-state index in [2.05, 4.69) is 133 Å². The Morgan fingerprint density at radius 3 is 1.30 bits per heavy atom. The number of thioether (sulfide) groups is 1. The van der Waals surface area contributed by atoms with E-state index in [0.29, 0.717) is 0 Å². The highest BCUT2D eigenvalue weighted by Crippen LogP contribution is 2.48. The number of hydrogen-bond donors (Lipinski definition) is 0. The Labute approximate surface area is 185 Å². The molecule has 0 N–H and O–H groups in total. The van der Waals surface area contributed by atoms with Crippen LogP contribution in [0.1, 0.15) is 35.1 Å². The molecule has 0 spiro atoms. The van der Waals surface area contributed by atoms with Gasteiger partial charge in [0.05, 0.1) is 4.75 Å². The molecule has 0 saturated heterocycles. The predicted molar refractivity (Wildman–Crippen MR) is 131 cm³/mol. The Morgan fingerprint density at radius 1 is 0.467 bits per heavy atom. The lowest BCUT2D eigenvalue weighted by atomic mass is 9.84. The van der Waals surface area contributed by atoms with E-state index in [1.165, 1.54) is 35.1 Å². The van der Waals surface area contributed by atoms with E-state index in [-0.39, 0.29) is 4.75 Å². The molecule has 0 bridgehead atoms. The second-order valence-corrected chi connectivity index (χ2v) is 8.88. The molecule has 150 valence electrons. The molecular weight excluding hydrogens is 380 g/mol. The van der Waals surface area contributed by atoms with Crippen LogP contribution in [-0.4, -0.2) is 5.75 Å². The van der Waals surface area contributed by atoms with Gasteiger partial charge in [0, 0.05) is 0 Å². The highest BCUT2D eigenvalue weighted by Gasteiger charge is 2.36. The summed E-state index contributed by atoms with van der Waals surface area (Å²) in [7, 11) is 0. The van der Waals surface area contributed by atoms with Crippen molar-refractivity contribution in [1.82, 2.24) is 0 Å². The van der Waals surface area contributed by atoms with Crippen LogP contribution in [0.2, 0.25) is 0 Å². The third kappa shape index (κ3) is 4.68. The fraction of sp³-hybridized carbons (Fsp3) is 0.172. The maximum Gasteiger partial charge on any atom is 0.0906 e. The van der Waals surface area contributed by atoms with Crippen molar-refractivity contribution in [3.8, 4) is 0 Å². The van der Waals surface area contributed by atoms with Crippen LogP contribution in [0.4, 0.5) is 0 Å². The number of rotatable bonds is 9. The Kier molecular flexibility index (Phi) is 7.05. The average Bonchev–Trinajstić information content (AvgIpc) is 2.84. The van der Waals surface area contributed by atoms with E-state index in [1.807, 2.05) is 0 Å². The maximum atomic E-state index is 2.27. The molecule has 1 heteroatoms. The first-order valence-electron chi connectivity index (χ1n) is 10.7. The van der Waals surface area contributed by atoms with Crippen molar-refractivity contribution in [1.29, 1.82) is 0 Å². The first-order valence-corrected chi connectivity index (χ1v) is 11.7. The first-order chi connectivity index (χ1) is 14.9. The fourth-order valence-electron chi connectivity index (χ4n) is 4.07. The van der Waals surface area contributed by atoms with Gasteiger partial charge in [-0.25, -0.2) is 0 Å². The number of benzene rings is 4. The molecular formula is C29H28S. The van der Waals surface area contributed by atoms with Crippen molar-refractivity contribution in [3.63, 3.8) is 0 Å². The summed E-state index contributed by atoms with van der Waals surface area (Å²) in [6, 6.07) is 43.7. The molecule has 0 nitrogen and oxygen atoms in total. The fourth-order valence-corrected chi connectivity index (χ4v) is 5.63. The van der Waals surface area contributed by atoms with Crippen molar-refractivity contribution >= 4 is 11.8 Å². The van der Waals surface area contributed by atoms with Gasteiger partial charge in [0.25, 0.3) is 0 Å². The summed E-state index contributed by atoms with van der Waals surface area (Å²) in [6.45, 7) is 0. The van der Waals surface area contributed by atoms with Gasteiger partial charge in [-0.3, -0.25) is 0 Å². The molecule has 4 aromatic carbocycles. The zero-order valence-electron chi connectivity index (χ0n) is 17.3. The van der Waals surface area contributed by atoms with Crippen molar-refractivity contribution in [2.75, 3.05) is 5.75 Å². The molecule has 0 saturated carbocycles. The standard InChI is InChI=1S/C29H28S/c1-5-15-25(16-6-1)17-13-14-24-30-29(26-18-7-2-8-19-26,27-20-9-3-10-21-27)28-22-11-4-12-23-28/h1-12,15-16,18-23H,13-14,17,24H2. The summed E-state index contributed by atoms with van der Waals surface area (Å²) in [4.78, 5) is 0. The lowest BCUT2D eigenvalue weighted by Gasteiger charge is -2.35. The molecule has 0 atom stereocenters. The summed E-state index contributed by atoms with van der Waals surface area (Å²) in [5.74, 6) is 1.12. The van der Waals surface area contributed by atoms with E-state index in [9.17, 15) is 0 Å². The molecule has 0 aliphatic rings. The highest BCUT2D eigenvalue weighted by atomic mass is 32.2. The molecule has 0 aliphatic heterocycles. The van der Waals surface area contributed by atoms with Crippen molar-refractivity contribution in [2.45, 2.75) is 24.0 Å². The lowest BCUT2D eigenvalue weighted by Crippen LogP contribution is -2.26. The normalized spacial score (nSPS) is 11.3. The molecule has 4 aromatic rings. The number of aryl methyl sites for hydroxylation is 1.